The quantitative estimate of drug-likeness (QED) is 0.816. The molecule has 0 radical (unpaired) electrons. The van der Waals surface area contributed by atoms with Gasteiger partial charge in [0.15, 0.2) is 0 Å². The number of nitrogens with one attached hydrogen (secondary N) is 1. The summed E-state index contributed by atoms with van der Waals surface area (Å²) in [5.41, 5.74) is 0.770. The van der Waals surface area contributed by atoms with E-state index in [1.54, 1.807) is 0 Å². The minimum atomic E-state index is 0.251. The Balaban J connectivity index is 1.71. The van der Waals surface area contributed by atoms with Crippen LogP contribution < -0.4 is 5.32 Å². The lowest BCUT2D eigenvalue weighted by Gasteiger charge is -2.50. The predicted octanol–water partition coefficient (Wildman–Crippen LogP) is 4.67. The lowest BCUT2D eigenvalue weighted by Crippen LogP contribution is -2.53. The fourth-order valence-corrected chi connectivity index (χ4v) is 5.72. The molecule has 2 heteroatoms. The molecule has 2 unspecified atom stereocenters. The molecule has 0 bridgehead atoms. The van der Waals surface area contributed by atoms with Gasteiger partial charge in [-0.3, -0.25) is 0 Å². The monoisotopic (exact) mass is 293 g/mol. The largest absolute Gasteiger partial charge is 0.375 e. The number of hydrogen-bond donors (Lipinski definition) is 1. The van der Waals surface area contributed by atoms with Gasteiger partial charge in [0.2, 0.25) is 0 Å². The molecule has 0 amide bonds. The van der Waals surface area contributed by atoms with Crippen molar-refractivity contribution in [2.45, 2.75) is 95.6 Å². The minimum Gasteiger partial charge on any atom is -0.375 e. The van der Waals surface area contributed by atoms with Crippen LogP contribution in [-0.2, 0) is 4.74 Å². The molecule has 0 aromatic carbocycles. The molecule has 0 aromatic heterocycles. The van der Waals surface area contributed by atoms with Crippen molar-refractivity contribution in [2.24, 2.45) is 11.3 Å². The molecule has 3 aliphatic rings. The highest BCUT2D eigenvalue weighted by Crippen LogP contribution is 2.47. The summed E-state index contributed by atoms with van der Waals surface area (Å²) in [6.07, 6.45) is 16.6. The fraction of sp³-hybridized carbons (Fsp3) is 1.00. The van der Waals surface area contributed by atoms with Crippen LogP contribution in [-0.4, -0.2) is 25.3 Å². The zero-order valence-corrected chi connectivity index (χ0v) is 14.3. The van der Waals surface area contributed by atoms with Crippen LogP contribution in [0.1, 0.15) is 84.0 Å². The number of hydrogen-bond acceptors (Lipinski definition) is 2. The fourth-order valence-electron chi connectivity index (χ4n) is 5.72. The van der Waals surface area contributed by atoms with E-state index in [1.165, 1.54) is 77.0 Å². The topological polar surface area (TPSA) is 21.3 Å². The Morgan fingerprint density at radius 1 is 0.952 bits per heavy atom. The van der Waals surface area contributed by atoms with Gasteiger partial charge in [-0.1, -0.05) is 45.4 Å². The van der Waals surface area contributed by atoms with Gasteiger partial charge in [-0.15, -0.1) is 0 Å². The SMILES string of the molecule is CNC(C1CCOC2(CCCCC2)C1)C1(C)CCCCC1. The third kappa shape index (κ3) is 3.32. The van der Waals surface area contributed by atoms with E-state index in [4.69, 9.17) is 4.74 Å². The molecule has 21 heavy (non-hydrogen) atoms. The van der Waals surface area contributed by atoms with Crippen molar-refractivity contribution in [2.75, 3.05) is 13.7 Å². The van der Waals surface area contributed by atoms with E-state index in [0.717, 1.165) is 12.5 Å². The lowest BCUT2D eigenvalue weighted by atomic mass is 9.63. The maximum Gasteiger partial charge on any atom is 0.0685 e. The van der Waals surface area contributed by atoms with Gasteiger partial charge in [0, 0.05) is 12.6 Å². The average Bonchev–Trinajstić information content (AvgIpc) is 2.49. The maximum absolute atomic E-state index is 6.32. The minimum absolute atomic E-state index is 0.251. The Hall–Kier alpha value is -0.0800. The summed E-state index contributed by atoms with van der Waals surface area (Å²) in [5, 5.41) is 3.75. The summed E-state index contributed by atoms with van der Waals surface area (Å²) < 4.78 is 6.32. The molecule has 122 valence electrons. The van der Waals surface area contributed by atoms with Crippen molar-refractivity contribution in [3.63, 3.8) is 0 Å². The molecular weight excluding hydrogens is 258 g/mol. The standard InChI is InChI=1S/C19H35NO/c1-18(10-5-3-6-11-18)17(20-2)16-9-14-21-19(15-16)12-7-4-8-13-19/h16-17,20H,3-15H2,1-2H3. The zero-order valence-electron chi connectivity index (χ0n) is 14.3. The summed E-state index contributed by atoms with van der Waals surface area (Å²) in [6.45, 7) is 3.55. The second-order valence-electron chi connectivity index (χ2n) is 8.33. The number of ether oxygens (including phenoxy) is 1. The van der Waals surface area contributed by atoms with Gasteiger partial charge in [0.1, 0.15) is 0 Å². The van der Waals surface area contributed by atoms with E-state index in [0.29, 0.717) is 11.5 Å². The van der Waals surface area contributed by atoms with Crippen molar-refractivity contribution in [1.29, 1.82) is 0 Å². The summed E-state index contributed by atoms with van der Waals surface area (Å²) in [6, 6.07) is 0.695. The van der Waals surface area contributed by atoms with Crippen molar-refractivity contribution in [3.8, 4) is 0 Å². The van der Waals surface area contributed by atoms with Crippen LogP contribution in [0.2, 0.25) is 0 Å². The van der Waals surface area contributed by atoms with Crippen molar-refractivity contribution >= 4 is 0 Å². The van der Waals surface area contributed by atoms with Gasteiger partial charge in [-0.25, -0.2) is 0 Å². The molecule has 1 saturated heterocycles. The lowest BCUT2D eigenvalue weighted by molar-refractivity contribution is -0.128. The van der Waals surface area contributed by atoms with Crippen LogP contribution in [0.3, 0.4) is 0 Å². The first-order chi connectivity index (χ1) is 10.2. The molecule has 1 heterocycles. The Morgan fingerprint density at radius 3 is 2.19 bits per heavy atom. The zero-order chi connectivity index (χ0) is 14.8. The highest BCUT2D eigenvalue weighted by molar-refractivity contribution is 4.99. The smallest absolute Gasteiger partial charge is 0.0685 e. The van der Waals surface area contributed by atoms with Gasteiger partial charge in [-0.2, -0.15) is 0 Å². The highest BCUT2D eigenvalue weighted by atomic mass is 16.5. The van der Waals surface area contributed by atoms with Crippen LogP contribution in [0.15, 0.2) is 0 Å². The molecule has 3 fully saturated rings. The van der Waals surface area contributed by atoms with E-state index >= 15 is 0 Å². The van der Waals surface area contributed by atoms with Crippen LogP contribution in [0, 0.1) is 11.3 Å². The summed E-state index contributed by atoms with van der Waals surface area (Å²) in [4.78, 5) is 0. The first-order valence-electron chi connectivity index (χ1n) is 9.49. The Morgan fingerprint density at radius 2 is 1.57 bits per heavy atom. The first-order valence-corrected chi connectivity index (χ1v) is 9.49. The highest BCUT2D eigenvalue weighted by Gasteiger charge is 2.45. The van der Waals surface area contributed by atoms with Crippen LogP contribution in [0.5, 0.6) is 0 Å². The summed E-state index contributed by atoms with van der Waals surface area (Å²) in [5.74, 6) is 0.824. The molecule has 2 saturated carbocycles. The molecule has 3 rings (SSSR count). The van der Waals surface area contributed by atoms with E-state index in [9.17, 15) is 0 Å². The second kappa shape index (κ2) is 6.58. The van der Waals surface area contributed by atoms with Gasteiger partial charge >= 0.3 is 0 Å². The molecule has 1 spiro atoms. The molecule has 1 N–H and O–H groups in total. The number of rotatable bonds is 3. The Kier molecular flexibility index (Phi) is 4.95. The normalized spacial score (nSPS) is 33.7. The molecule has 2 aliphatic carbocycles. The molecule has 1 aliphatic heterocycles. The third-order valence-corrected chi connectivity index (χ3v) is 6.82. The van der Waals surface area contributed by atoms with Crippen LogP contribution in [0.4, 0.5) is 0 Å². The predicted molar refractivity (Wildman–Crippen MR) is 88.5 cm³/mol. The Bertz CT molecular complexity index is 323. The average molecular weight is 293 g/mol. The molecular formula is C19H35NO. The summed E-state index contributed by atoms with van der Waals surface area (Å²) >= 11 is 0. The van der Waals surface area contributed by atoms with Gasteiger partial charge < -0.3 is 10.1 Å². The van der Waals surface area contributed by atoms with E-state index in [-0.39, 0.29) is 5.60 Å². The van der Waals surface area contributed by atoms with Gasteiger partial charge in [-0.05, 0) is 56.9 Å². The molecule has 2 atom stereocenters. The van der Waals surface area contributed by atoms with Gasteiger partial charge in [0.25, 0.3) is 0 Å². The summed E-state index contributed by atoms with van der Waals surface area (Å²) in [7, 11) is 2.20. The Labute approximate surface area is 131 Å². The second-order valence-corrected chi connectivity index (χ2v) is 8.33. The third-order valence-electron chi connectivity index (χ3n) is 6.82. The van der Waals surface area contributed by atoms with E-state index in [1.807, 2.05) is 0 Å². The van der Waals surface area contributed by atoms with Crippen molar-refractivity contribution in [3.05, 3.63) is 0 Å². The van der Waals surface area contributed by atoms with Gasteiger partial charge in [0.05, 0.1) is 5.60 Å². The van der Waals surface area contributed by atoms with E-state index < -0.39 is 0 Å². The van der Waals surface area contributed by atoms with Crippen LogP contribution >= 0.6 is 0 Å². The van der Waals surface area contributed by atoms with Crippen LogP contribution in [0.25, 0.3) is 0 Å². The maximum atomic E-state index is 6.32. The van der Waals surface area contributed by atoms with Crippen molar-refractivity contribution < 1.29 is 4.74 Å². The molecule has 2 nitrogen and oxygen atoms in total. The first kappa shape index (κ1) is 15.8. The molecule has 0 aromatic rings. The van der Waals surface area contributed by atoms with Crippen molar-refractivity contribution in [1.82, 2.24) is 5.32 Å². The van der Waals surface area contributed by atoms with E-state index in [2.05, 4.69) is 19.3 Å².